The van der Waals surface area contributed by atoms with Gasteiger partial charge < -0.3 is 5.32 Å². The highest BCUT2D eigenvalue weighted by Crippen LogP contribution is 2.06. The third-order valence-corrected chi connectivity index (χ3v) is 1.93. The molecule has 0 heterocycles. The first kappa shape index (κ1) is 11.6. The fourth-order valence-electron chi connectivity index (χ4n) is 1.33. The summed E-state index contributed by atoms with van der Waals surface area (Å²) in [5.74, 6) is 0. The van der Waals surface area contributed by atoms with Crippen molar-refractivity contribution in [3.63, 3.8) is 0 Å². The molecule has 0 atom stereocenters. The molecule has 2 radical (unpaired) electrons. The molecule has 0 unspecified atom stereocenters. The smallest absolute Gasteiger partial charge is 0.0736 e. The molecular weight excluding hydrogens is 145 g/mol. The number of allylic oxidation sites excluding steroid dienone is 1. The van der Waals surface area contributed by atoms with Crippen LogP contribution < -0.4 is 5.32 Å². The van der Waals surface area contributed by atoms with Gasteiger partial charge in [0.05, 0.1) is 7.85 Å². The third kappa shape index (κ3) is 5.28. The van der Waals surface area contributed by atoms with Crippen LogP contribution in [0.5, 0.6) is 0 Å². The van der Waals surface area contributed by atoms with Gasteiger partial charge in [0.15, 0.2) is 0 Å². The molecule has 0 saturated heterocycles. The zero-order valence-electron chi connectivity index (χ0n) is 8.40. The van der Waals surface area contributed by atoms with E-state index < -0.39 is 0 Å². The standard InChI is InChI=1S/C10H20BN/c1-4-6-10(7-5-2)12-9(3)8-11/h10,12H,3-8H2,1-2H3. The monoisotopic (exact) mass is 165 g/mol. The lowest BCUT2D eigenvalue weighted by Crippen LogP contribution is -2.27. The molecule has 0 fully saturated rings. The highest BCUT2D eigenvalue weighted by Gasteiger charge is 2.04. The summed E-state index contributed by atoms with van der Waals surface area (Å²) < 4.78 is 0. The number of hydrogen-bond donors (Lipinski definition) is 1. The van der Waals surface area contributed by atoms with Gasteiger partial charge in [0.25, 0.3) is 0 Å². The van der Waals surface area contributed by atoms with Gasteiger partial charge in [-0.2, -0.15) is 0 Å². The summed E-state index contributed by atoms with van der Waals surface area (Å²) in [6, 6.07) is 0.580. The Kier molecular flexibility index (Phi) is 7.03. The van der Waals surface area contributed by atoms with Crippen molar-refractivity contribution < 1.29 is 0 Å². The Balaban J connectivity index is 3.68. The maximum Gasteiger partial charge on any atom is 0.0736 e. The van der Waals surface area contributed by atoms with Crippen LogP contribution in [0.25, 0.3) is 0 Å². The summed E-state index contributed by atoms with van der Waals surface area (Å²) in [7, 11) is 5.45. The van der Waals surface area contributed by atoms with Gasteiger partial charge in [-0.3, -0.25) is 0 Å². The Morgan fingerprint density at radius 1 is 1.33 bits per heavy atom. The minimum atomic E-state index is 0.546. The second kappa shape index (κ2) is 7.26. The molecule has 1 N–H and O–H groups in total. The molecule has 0 saturated carbocycles. The molecule has 12 heavy (non-hydrogen) atoms. The van der Waals surface area contributed by atoms with Crippen molar-refractivity contribution in [3.8, 4) is 0 Å². The van der Waals surface area contributed by atoms with Gasteiger partial charge >= 0.3 is 0 Å². The van der Waals surface area contributed by atoms with Crippen molar-refractivity contribution in [2.75, 3.05) is 0 Å². The van der Waals surface area contributed by atoms with Gasteiger partial charge in [-0.15, -0.1) is 0 Å². The minimum absolute atomic E-state index is 0.546. The fraction of sp³-hybridized carbons (Fsp3) is 0.800. The highest BCUT2D eigenvalue weighted by molar-refractivity contribution is 6.10. The molecule has 0 aromatic rings. The largest absolute Gasteiger partial charge is 0.387 e. The molecule has 0 spiro atoms. The van der Waals surface area contributed by atoms with E-state index in [0.29, 0.717) is 12.4 Å². The van der Waals surface area contributed by atoms with Crippen LogP contribution in [-0.4, -0.2) is 13.9 Å². The topological polar surface area (TPSA) is 12.0 Å². The lowest BCUT2D eigenvalue weighted by atomic mass is 10.0. The molecule has 2 heteroatoms. The normalized spacial score (nSPS) is 10.2. The van der Waals surface area contributed by atoms with Crippen LogP contribution in [0, 0.1) is 0 Å². The number of rotatable bonds is 7. The van der Waals surface area contributed by atoms with Crippen LogP contribution in [0.2, 0.25) is 6.32 Å². The first-order valence-electron chi connectivity index (χ1n) is 4.88. The van der Waals surface area contributed by atoms with Crippen molar-refractivity contribution in [1.82, 2.24) is 5.32 Å². The second-order valence-corrected chi connectivity index (χ2v) is 3.23. The molecule has 1 nitrogen and oxygen atoms in total. The van der Waals surface area contributed by atoms with Crippen molar-refractivity contribution in [1.29, 1.82) is 0 Å². The Hall–Kier alpha value is -0.395. The van der Waals surface area contributed by atoms with Crippen LogP contribution >= 0.6 is 0 Å². The van der Waals surface area contributed by atoms with Gasteiger partial charge in [0.2, 0.25) is 0 Å². The zero-order valence-corrected chi connectivity index (χ0v) is 8.40. The van der Waals surface area contributed by atoms with E-state index >= 15 is 0 Å². The van der Waals surface area contributed by atoms with Crippen LogP contribution in [0.15, 0.2) is 12.3 Å². The first-order valence-corrected chi connectivity index (χ1v) is 4.88. The molecule has 0 amide bonds. The van der Waals surface area contributed by atoms with E-state index in [1.54, 1.807) is 0 Å². The summed E-state index contributed by atoms with van der Waals surface area (Å²) in [5.41, 5.74) is 0.960. The average Bonchev–Trinajstić information content (AvgIpc) is 2.05. The summed E-state index contributed by atoms with van der Waals surface area (Å²) in [4.78, 5) is 0. The highest BCUT2D eigenvalue weighted by atomic mass is 14.9. The molecule has 0 bridgehead atoms. The van der Waals surface area contributed by atoms with Crippen LogP contribution in [0.4, 0.5) is 0 Å². The van der Waals surface area contributed by atoms with Crippen molar-refractivity contribution in [2.45, 2.75) is 51.9 Å². The van der Waals surface area contributed by atoms with E-state index in [1.165, 1.54) is 25.7 Å². The van der Waals surface area contributed by atoms with Gasteiger partial charge in [-0.25, -0.2) is 0 Å². The van der Waals surface area contributed by atoms with Crippen molar-refractivity contribution in [3.05, 3.63) is 12.3 Å². The predicted octanol–water partition coefficient (Wildman–Crippen LogP) is 2.65. The van der Waals surface area contributed by atoms with Crippen molar-refractivity contribution >= 4 is 7.85 Å². The molecule has 0 aromatic heterocycles. The maximum absolute atomic E-state index is 5.45. The summed E-state index contributed by atoms with van der Waals surface area (Å²) in [5, 5.41) is 3.35. The lowest BCUT2D eigenvalue weighted by molar-refractivity contribution is 0.482. The molecular formula is C10H20BN. The van der Waals surface area contributed by atoms with Gasteiger partial charge in [0, 0.05) is 6.04 Å². The molecule has 0 aliphatic heterocycles. The maximum atomic E-state index is 5.45. The Morgan fingerprint density at radius 3 is 2.17 bits per heavy atom. The van der Waals surface area contributed by atoms with Gasteiger partial charge in [0.1, 0.15) is 0 Å². The van der Waals surface area contributed by atoms with Gasteiger partial charge in [-0.1, -0.05) is 39.6 Å². The SMILES string of the molecule is [B]CC(=C)NC(CCC)CCC. The van der Waals surface area contributed by atoms with E-state index in [9.17, 15) is 0 Å². The molecule has 0 aliphatic rings. The second-order valence-electron chi connectivity index (χ2n) is 3.23. The van der Waals surface area contributed by atoms with Gasteiger partial charge in [-0.05, 0) is 18.5 Å². The van der Waals surface area contributed by atoms with E-state index in [-0.39, 0.29) is 0 Å². The van der Waals surface area contributed by atoms with E-state index in [4.69, 9.17) is 7.85 Å². The minimum Gasteiger partial charge on any atom is -0.387 e. The van der Waals surface area contributed by atoms with E-state index in [2.05, 4.69) is 25.7 Å². The Bertz CT molecular complexity index is 117. The third-order valence-electron chi connectivity index (χ3n) is 1.93. The Morgan fingerprint density at radius 2 is 1.83 bits per heavy atom. The molecule has 0 rings (SSSR count). The van der Waals surface area contributed by atoms with E-state index in [0.717, 1.165) is 5.70 Å². The zero-order chi connectivity index (χ0) is 9.40. The fourth-order valence-corrected chi connectivity index (χ4v) is 1.33. The molecule has 68 valence electrons. The lowest BCUT2D eigenvalue weighted by Gasteiger charge is -2.19. The number of nitrogens with one attached hydrogen (secondary N) is 1. The summed E-state index contributed by atoms with van der Waals surface area (Å²) in [6.45, 7) is 8.25. The van der Waals surface area contributed by atoms with Crippen molar-refractivity contribution in [2.24, 2.45) is 0 Å². The summed E-state index contributed by atoms with van der Waals surface area (Å²) >= 11 is 0. The first-order chi connectivity index (χ1) is 5.74. The van der Waals surface area contributed by atoms with Crippen LogP contribution in [-0.2, 0) is 0 Å². The molecule has 0 aliphatic carbocycles. The quantitative estimate of drug-likeness (QED) is 0.572. The van der Waals surface area contributed by atoms with Crippen LogP contribution in [0.1, 0.15) is 39.5 Å². The Labute approximate surface area is 78.0 Å². The molecule has 0 aromatic carbocycles. The van der Waals surface area contributed by atoms with Crippen LogP contribution in [0.3, 0.4) is 0 Å². The number of hydrogen-bond acceptors (Lipinski definition) is 1. The average molecular weight is 165 g/mol. The predicted molar refractivity (Wildman–Crippen MR) is 56.4 cm³/mol. The van der Waals surface area contributed by atoms with E-state index in [1.807, 2.05) is 0 Å². The summed E-state index contributed by atoms with van der Waals surface area (Å²) in [6.07, 6.45) is 5.41.